The molecular weight excluding hydrogens is 523 g/mol. The molecule has 2 atom stereocenters. The minimum atomic E-state index is -4.44. The monoisotopic (exact) mass is 549 g/mol. The summed E-state index contributed by atoms with van der Waals surface area (Å²) in [4.78, 5) is 8.89. The van der Waals surface area contributed by atoms with E-state index in [0.29, 0.717) is 24.0 Å². The van der Waals surface area contributed by atoms with Crippen molar-refractivity contribution in [3.63, 3.8) is 0 Å². The van der Waals surface area contributed by atoms with E-state index in [2.05, 4.69) is 27.3 Å². The first kappa shape index (κ1) is 25.4. The van der Waals surface area contributed by atoms with Gasteiger partial charge >= 0.3 is 6.18 Å². The minimum Gasteiger partial charge on any atom is -0.378 e. The van der Waals surface area contributed by atoms with Crippen molar-refractivity contribution in [3.8, 4) is 5.69 Å². The van der Waals surface area contributed by atoms with Gasteiger partial charge in [0, 0.05) is 48.2 Å². The molecule has 4 heterocycles. The molecule has 0 aliphatic carbocycles. The van der Waals surface area contributed by atoms with Crippen molar-refractivity contribution < 1.29 is 17.9 Å². The molecule has 200 valence electrons. The van der Waals surface area contributed by atoms with Gasteiger partial charge in [-0.2, -0.15) is 13.2 Å². The summed E-state index contributed by atoms with van der Waals surface area (Å²) in [6.45, 7) is 3.06. The van der Waals surface area contributed by atoms with Crippen molar-refractivity contribution in [1.29, 1.82) is 0 Å². The minimum absolute atomic E-state index is 0.322. The fraction of sp³-hybridized carbons (Fsp3) is 0.241. The third-order valence-corrected chi connectivity index (χ3v) is 7.45. The summed E-state index contributed by atoms with van der Waals surface area (Å²) >= 11 is 5.84. The fourth-order valence-corrected chi connectivity index (χ4v) is 5.63. The fourth-order valence-electron chi connectivity index (χ4n) is 5.28. The largest absolute Gasteiger partial charge is 0.416 e. The van der Waals surface area contributed by atoms with Crippen LogP contribution in [0.25, 0.3) is 5.69 Å². The summed E-state index contributed by atoms with van der Waals surface area (Å²) in [5.41, 5.74) is 3.28. The lowest BCUT2D eigenvalue weighted by atomic mass is 10.0. The van der Waals surface area contributed by atoms with Crippen LogP contribution in [-0.4, -0.2) is 41.0 Å². The summed E-state index contributed by atoms with van der Waals surface area (Å²) in [7, 11) is 0. The lowest BCUT2D eigenvalue weighted by Crippen LogP contribution is -2.36. The number of morpholine rings is 1. The molecule has 6 rings (SSSR count). The van der Waals surface area contributed by atoms with E-state index in [0.717, 1.165) is 41.9 Å². The molecule has 1 N–H and O–H groups in total. The molecule has 0 bridgehead atoms. The Balaban J connectivity index is 1.42. The third kappa shape index (κ3) is 4.97. The molecule has 0 spiro atoms. The number of nitrogens with zero attached hydrogens (tertiary/aromatic N) is 4. The maximum absolute atomic E-state index is 13.5. The van der Waals surface area contributed by atoms with Gasteiger partial charge in [0.05, 0.1) is 30.5 Å². The first-order chi connectivity index (χ1) is 18.9. The lowest BCUT2D eigenvalue weighted by molar-refractivity contribution is -0.137. The second kappa shape index (κ2) is 10.3. The summed E-state index contributed by atoms with van der Waals surface area (Å²) in [6.07, 6.45) is -0.936. The quantitative estimate of drug-likeness (QED) is 0.313. The number of halogens is 3. The Labute approximate surface area is 229 Å². The van der Waals surface area contributed by atoms with Crippen LogP contribution in [0.2, 0.25) is 0 Å². The highest BCUT2D eigenvalue weighted by atomic mass is 32.1. The maximum Gasteiger partial charge on any atom is 0.416 e. The predicted molar refractivity (Wildman–Crippen MR) is 148 cm³/mol. The van der Waals surface area contributed by atoms with Gasteiger partial charge in [-0.15, -0.1) is 0 Å². The topological polar surface area (TPSA) is 45.6 Å². The number of hydrogen-bond donors (Lipinski definition) is 1. The van der Waals surface area contributed by atoms with E-state index in [-0.39, 0.29) is 12.1 Å². The van der Waals surface area contributed by atoms with Gasteiger partial charge in [-0.3, -0.25) is 4.98 Å². The standard InChI is InChI=1S/C29H26F3N5OS/c30-29(31,32)20-5-3-6-23(19-20)36-14-4-8-25(36)27-26(24-7-1-2-13-33-24)34-28(39)37(27)22-11-9-21(10-12-22)35-15-17-38-18-16-35/h1-14,19,26-27H,15-18H2,(H,34,39)/t26-,27-/m0/s1. The number of nitrogens with one attached hydrogen (secondary N) is 1. The molecule has 2 aromatic heterocycles. The lowest BCUT2D eigenvalue weighted by Gasteiger charge is -2.31. The first-order valence-corrected chi connectivity index (χ1v) is 13.1. The number of ether oxygens (including phenoxy) is 1. The Hall–Kier alpha value is -3.89. The molecule has 6 nitrogen and oxygen atoms in total. The van der Waals surface area contributed by atoms with E-state index in [1.165, 1.54) is 12.1 Å². The second-order valence-corrected chi connectivity index (χ2v) is 9.85. The van der Waals surface area contributed by atoms with Crippen molar-refractivity contribution in [2.75, 3.05) is 36.1 Å². The smallest absolute Gasteiger partial charge is 0.378 e. The summed E-state index contributed by atoms with van der Waals surface area (Å²) in [5, 5.41) is 3.94. The molecule has 0 unspecified atom stereocenters. The van der Waals surface area contributed by atoms with Crippen molar-refractivity contribution in [2.45, 2.75) is 18.3 Å². The molecule has 10 heteroatoms. The number of rotatable bonds is 5. The van der Waals surface area contributed by atoms with E-state index in [4.69, 9.17) is 17.0 Å². The van der Waals surface area contributed by atoms with Crippen LogP contribution in [0, 0.1) is 0 Å². The molecule has 2 aromatic carbocycles. The Bertz CT molecular complexity index is 1450. The van der Waals surface area contributed by atoms with E-state index in [1.807, 2.05) is 47.4 Å². The Morgan fingerprint density at radius 2 is 1.64 bits per heavy atom. The van der Waals surface area contributed by atoms with Crippen LogP contribution in [0.15, 0.2) is 91.3 Å². The Kier molecular flexibility index (Phi) is 6.74. The van der Waals surface area contributed by atoms with Crippen molar-refractivity contribution >= 4 is 28.7 Å². The number of thiocarbonyl (C=S) groups is 1. The molecule has 4 aromatic rings. The zero-order valence-corrected chi connectivity index (χ0v) is 21.7. The summed E-state index contributed by atoms with van der Waals surface area (Å²) in [5.74, 6) is 0. The number of hydrogen-bond acceptors (Lipinski definition) is 4. The average molecular weight is 550 g/mol. The zero-order chi connectivity index (χ0) is 27.0. The number of aromatic nitrogens is 2. The number of alkyl halides is 3. The van der Waals surface area contributed by atoms with E-state index in [1.54, 1.807) is 23.0 Å². The second-order valence-electron chi connectivity index (χ2n) is 9.46. The van der Waals surface area contributed by atoms with Gasteiger partial charge in [0.2, 0.25) is 0 Å². The van der Waals surface area contributed by atoms with Crippen molar-refractivity contribution in [1.82, 2.24) is 14.9 Å². The number of benzene rings is 2. The molecule has 0 amide bonds. The van der Waals surface area contributed by atoms with Crippen LogP contribution in [0.3, 0.4) is 0 Å². The van der Waals surface area contributed by atoms with Crippen LogP contribution in [0.4, 0.5) is 24.5 Å². The molecule has 2 aliphatic heterocycles. The highest BCUT2D eigenvalue weighted by Crippen LogP contribution is 2.43. The molecule has 39 heavy (non-hydrogen) atoms. The average Bonchev–Trinajstić information content (AvgIpc) is 3.58. The zero-order valence-electron chi connectivity index (χ0n) is 20.9. The first-order valence-electron chi connectivity index (χ1n) is 12.7. The van der Waals surface area contributed by atoms with Gasteiger partial charge in [0.1, 0.15) is 6.04 Å². The van der Waals surface area contributed by atoms with Gasteiger partial charge in [-0.05, 0) is 78.9 Å². The molecular formula is C29H26F3N5OS. The Morgan fingerprint density at radius 3 is 2.36 bits per heavy atom. The van der Waals surface area contributed by atoms with Crippen LogP contribution >= 0.6 is 12.2 Å². The SMILES string of the molecule is FC(F)(F)c1cccc(-n2cccc2[C@H]2[C@H](c3ccccn3)NC(=S)N2c2ccc(N3CCOCC3)cc2)c1. The molecule has 2 aliphatic rings. The van der Waals surface area contributed by atoms with Crippen molar-refractivity contribution in [2.24, 2.45) is 0 Å². The van der Waals surface area contributed by atoms with Gasteiger partial charge in [0.15, 0.2) is 5.11 Å². The molecule has 0 saturated carbocycles. The molecule has 2 fully saturated rings. The van der Waals surface area contributed by atoms with Crippen LogP contribution in [0.5, 0.6) is 0 Å². The Morgan fingerprint density at radius 1 is 0.872 bits per heavy atom. The highest BCUT2D eigenvalue weighted by molar-refractivity contribution is 7.80. The molecule has 2 saturated heterocycles. The molecule has 0 radical (unpaired) electrons. The summed E-state index contributed by atoms with van der Waals surface area (Å²) < 4.78 is 47.9. The number of pyridine rings is 1. The number of anilines is 2. The predicted octanol–water partition coefficient (Wildman–Crippen LogP) is 5.90. The summed E-state index contributed by atoms with van der Waals surface area (Å²) in [6, 6.07) is 22.3. The van der Waals surface area contributed by atoms with Crippen LogP contribution < -0.4 is 15.1 Å². The van der Waals surface area contributed by atoms with Gasteiger partial charge in [0.25, 0.3) is 0 Å². The van der Waals surface area contributed by atoms with Crippen LogP contribution in [-0.2, 0) is 10.9 Å². The normalized spacial score (nSPS) is 19.8. The van der Waals surface area contributed by atoms with Gasteiger partial charge < -0.3 is 24.4 Å². The highest BCUT2D eigenvalue weighted by Gasteiger charge is 2.42. The third-order valence-electron chi connectivity index (χ3n) is 7.14. The van der Waals surface area contributed by atoms with E-state index >= 15 is 0 Å². The van der Waals surface area contributed by atoms with Crippen molar-refractivity contribution in [3.05, 3.63) is 108 Å². The van der Waals surface area contributed by atoms with E-state index in [9.17, 15) is 13.2 Å². The van der Waals surface area contributed by atoms with Gasteiger partial charge in [-0.1, -0.05) is 12.1 Å². The van der Waals surface area contributed by atoms with Gasteiger partial charge in [-0.25, -0.2) is 0 Å². The maximum atomic E-state index is 13.5. The van der Waals surface area contributed by atoms with Crippen LogP contribution in [0.1, 0.15) is 29.0 Å². The van der Waals surface area contributed by atoms with E-state index < -0.39 is 11.7 Å².